The highest BCUT2D eigenvalue weighted by Gasteiger charge is 2.07. The van der Waals surface area contributed by atoms with Crippen LogP contribution in [-0.2, 0) is 4.79 Å². The lowest BCUT2D eigenvalue weighted by atomic mass is 10.1. The van der Waals surface area contributed by atoms with Crippen LogP contribution in [0.1, 0.15) is 6.42 Å². The molecule has 0 atom stereocenters. The summed E-state index contributed by atoms with van der Waals surface area (Å²) in [7, 11) is 0. The molecule has 0 aromatic carbocycles. The zero-order valence-corrected chi connectivity index (χ0v) is 5.21. The second-order valence-corrected chi connectivity index (χ2v) is 1.94. The molecule has 5 N–H and O–H groups in total. The molecule has 54 valence electrons. The Morgan fingerprint density at radius 2 is 1.89 bits per heavy atom. The van der Waals surface area contributed by atoms with Gasteiger partial charge in [-0.3, -0.25) is 4.79 Å². The fraction of sp³-hybridized carbons (Fsp3) is 0.800. The molecule has 4 heteroatoms. The van der Waals surface area contributed by atoms with Crippen molar-refractivity contribution in [3.05, 3.63) is 0 Å². The van der Waals surface area contributed by atoms with Crippen molar-refractivity contribution in [3.8, 4) is 0 Å². The molecular formula is C5H12N2O2. The molecule has 0 bridgehead atoms. The quantitative estimate of drug-likeness (QED) is 0.457. The normalized spacial score (nSPS) is 10.1. The zero-order valence-electron chi connectivity index (χ0n) is 5.21. The molecule has 0 radical (unpaired) electrons. The van der Waals surface area contributed by atoms with E-state index in [9.17, 15) is 4.79 Å². The first-order valence-electron chi connectivity index (χ1n) is 2.82. The molecule has 0 fully saturated rings. The van der Waals surface area contributed by atoms with Gasteiger partial charge >= 0.3 is 5.97 Å². The number of carbonyl (C=O) groups is 1. The van der Waals surface area contributed by atoms with Crippen LogP contribution >= 0.6 is 0 Å². The van der Waals surface area contributed by atoms with Crippen molar-refractivity contribution in [1.29, 1.82) is 0 Å². The van der Waals surface area contributed by atoms with Crippen molar-refractivity contribution < 1.29 is 9.90 Å². The number of carboxylic acid groups (broad SMARTS) is 1. The predicted molar refractivity (Wildman–Crippen MR) is 33.9 cm³/mol. The van der Waals surface area contributed by atoms with Gasteiger partial charge in [0.05, 0.1) is 6.42 Å². The number of rotatable bonds is 4. The molecule has 0 heterocycles. The van der Waals surface area contributed by atoms with E-state index < -0.39 is 5.97 Å². The SMILES string of the molecule is NCC(CN)CC(=O)O. The van der Waals surface area contributed by atoms with Gasteiger partial charge in [0, 0.05) is 0 Å². The second-order valence-electron chi connectivity index (χ2n) is 1.94. The Balaban J connectivity index is 3.43. The number of hydrogen-bond donors (Lipinski definition) is 3. The molecule has 0 spiro atoms. The minimum absolute atomic E-state index is 0.0671. The van der Waals surface area contributed by atoms with E-state index in [1.807, 2.05) is 0 Å². The molecule has 0 aliphatic carbocycles. The van der Waals surface area contributed by atoms with E-state index in [1.54, 1.807) is 0 Å². The Morgan fingerprint density at radius 3 is 2.00 bits per heavy atom. The van der Waals surface area contributed by atoms with Crippen molar-refractivity contribution in [2.45, 2.75) is 6.42 Å². The monoisotopic (exact) mass is 132 g/mol. The first kappa shape index (κ1) is 8.39. The van der Waals surface area contributed by atoms with E-state index in [-0.39, 0.29) is 12.3 Å². The van der Waals surface area contributed by atoms with Crippen LogP contribution in [0.3, 0.4) is 0 Å². The Morgan fingerprint density at radius 1 is 1.44 bits per heavy atom. The third-order valence-electron chi connectivity index (χ3n) is 1.13. The van der Waals surface area contributed by atoms with Gasteiger partial charge in [0.1, 0.15) is 0 Å². The predicted octanol–water partition coefficient (Wildman–Crippen LogP) is -1.01. The van der Waals surface area contributed by atoms with E-state index in [0.29, 0.717) is 13.1 Å². The molecule has 0 aromatic rings. The molecule has 0 saturated heterocycles. The average molecular weight is 132 g/mol. The first-order chi connectivity index (χ1) is 4.20. The highest BCUT2D eigenvalue weighted by molar-refractivity contribution is 5.67. The Bertz CT molecular complexity index is 91.0. The topological polar surface area (TPSA) is 89.3 Å². The van der Waals surface area contributed by atoms with E-state index in [2.05, 4.69) is 0 Å². The molecule has 0 aliphatic heterocycles. The van der Waals surface area contributed by atoms with Crippen molar-refractivity contribution in [2.24, 2.45) is 17.4 Å². The number of aliphatic carboxylic acids is 1. The van der Waals surface area contributed by atoms with Gasteiger partial charge < -0.3 is 16.6 Å². The summed E-state index contributed by atoms with van der Waals surface area (Å²) in [6.45, 7) is 0.700. The fourth-order valence-electron chi connectivity index (χ4n) is 0.510. The Labute approximate surface area is 53.8 Å². The minimum Gasteiger partial charge on any atom is -0.481 e. The van der Waals surface area contributed by atoms with Gasteiger partial charge in [-0.15, -0.1) is 0 Å². The summed E-state index contributed by atoms with van der Waals surface area (Å²) in [5.41, 5.74) is 10.4. The van der Waals surface area contributed by atoms with E-state index in [1.165, 1.54) is 0 Å². The Hall–Kier alpha value is -0.610. The van der Waals surface area contributed by atoms with Crippen LogP contribution in [0.4, 0.5) is 0 Å². The number of carboxylic acids is 1. The molecule has 0 rings (SSSR count). The van der Waals surface area contributed by atoms with Crippen LogP contribution in [-0.4, -0.2) is 24.2 Å². The summed E-state index contributed by atoms with van der Waals surface area (Å²) in [6, 6.07) is 0. The van der Waals surface area contributed by atoms with Crippen LogP contribution in [0, 0.1) is 5.92 Å². The highest BCUT2D eigenvalue weighted by atomic mass is 16.4. The standard InChI is InChI=1S/C5H12N2O2/c6-2-4(3-7)1-5(8)9/h4H,1-3,6-7H2,(H,8,9). The summed E-state index contributed by atoms with van der Waals surface area (Å²) >= 11 is 0. The van der Waals surface area contributed by atoms with Gasteiger partial charge in [-0.1, -0.05) is 0 Å². The lowest BCUT2D eigenvalue weighted by Crippen LogP contribution is -2.25. The second kappa shape index (κ2) is 4.29. The van der Waals surface area contributed by atoms with Gasteiger partial charge in [0.15, 0.2) is 0 Å². The number of nitrogens with two attached hydrogens (primary N) is 2. The van der Waals surface area contributed by atoms with Gasteiger partial charge in [-0.25, -0.2) is 0 Å². The third kappa shape index (κ3) is 3.93. The molecule has 9 heavy (non-hydrogen) atoms. The Kier molecular flexibility index (Phi) is 4.00. The lowest BCUT2D eigenvalue weighted by Gasteiger charge is -2.06. The van der Waals surface area contributed by atoms with Crippen LogP contribution in [0.5, 0.6) is 0 Å². The highest BCUT2D eigenvalue weighted by Crippen LogP contribution is 1.96. The van der Waals surface area contributed by atoms with Gasteiger partial charge in [-0.05, 0) is 19.0 Å². The molecular weight excluding hydrogens is 120 g/mol. The maximum atomic E-state index is 10.0. The molecule has 0 saturated carbocycles. The van der Waals surface area contributed by atoms with Crippen molar-refractivity contribution in [2.75, 3.05) is 13.1 Å². The van der Waals surface area contributed by atoms with Crippen LogP contribution in [0.15, 0.2) is 0 Å². The number of hydrogen-bond acceptors (Lipinski definition) is 3. The zero-order chi connectivity index (χ0) is 7.28. The van der Waals surface area contributed by atoms with Crippen molar-refractivity contribution in [1.82, 2.24) is 0 Å². The van der Waals surface area contributed by atoms with Crippen LogP contribution < -0.4 is 11.5 Å². The van der Waals surface area contributed by atoms with E-state index in [0.717, 1.165) is 0 Å². The summed E-state index contributed by atoms with van der Waals surface area (Å²) in [5.74, 6) is -0.904. The third-order valence-corrected chi connectivity index (χ3v) is 1.13. The summed E-state index contributed by atoms with van der Waals surface area (Å²) < 4.78 is 0. The minimum atomic E-state index is -0.837. The van der Waals surface area contributed by atoms with Gasteiger partial charge in [0.25, 0.3) is 0 Å². The molecule has 4 nitrogen and oxygen atoms in total. The van der Waals surface area contributed by atoms with Crippen LogP contribution in [0.2, 0.25) is 0 Å². The van der Waals surface area contributed by atoms with Crippen LogP contribution in [0.25, 0.3) is 0 Å². The molecule has 0 unspecified atom stereocenters. The molecule has 0 aromatic heterocycles. The summed E-state index contributed by atoms with van der Waals surface area (Å²) in [6.07, 6.45) is 0.0764. The smallest absolute Gasteiger partial charge is 0.303 e. The maximum absolute atomic E-state index is 10.0. The van der Waals surface area contributed by atoms with E-state index in [4.69, 9.17) is 16.6 Å². The fourth-order valence-corrected chi connectivity index (χ4v) is 0.510. The van der Waals surface area contributed by atoms with Gasteiger partial charge in [0.2, 0.25) is 0 Å². The summed E-state index contributed by atoms with van der Waals surface area (Å²) in [5, 5.41) is 8.24. The molecule has 0 amide bonds. The van der Waals surface area contributed by atoms with Crippen molar-refractivity contribution >= 4 is 5.97 Å². The van der Waals surface area contributed by atoms with E-state index >= 15 is 0 Å². The lowest BCUT2D eigenvalue weighted by molar-refractivity contribution is -0.137. The summed E-state index contributed by atoms with van der Waals surface area (Å²) in [4.78, 5) is 10.0. The van der Waals surface area contributed by atoms with Gasteiger partial charge in [-0.2, -0.15) is 0 Å². The maximum Gasteiger partial charge on any atom is 0.303 e. The largest absolute Gasteiger partial charge is 0.481 e. The average Bonchev–Trinajstić information content (AvgIpc) is 1.82. The molecule has 0 aliphatic rings. The van der Waals surface area contributed by atoms with Crippen molar-refractivity contribution in [3.63, 3.8) is 0 Å². The first-order valence-corrected chi connectivity index (χ1v) is 2.82.